The standard InChI is InChI=1S/C11H14ClNO/c12-10-3-1-2-9(6-10)7-13-11-4-5-14-8-11/h1-3,6,11,13H,4-5,7-8H2. The van der Waals surface area contributed by atoms with Crippen molar-refractivity contribution in [3.8, 4) is 0 Å². The van der Waals surface area contributed by atoms with Gasteiger partial charge in [-0.15, -0.1) is 0 Å². The fourth-order valence-electron chi connectivity index (χ4n) is 1.60. The quantitative estimate of drug-likeness (QED) is 0.828. The second-order valence-corrected chi connectivity index (χ2v) is 4.01. The van der Waals surface area contributed by atoms with E-state index in [9.17, 15) is 0 Å². The lowest BCUT2D eigenvalue weighted by atomic mass is 10.2. The van der Waals surface area contributed by atoms with Crippen LogP contribution in [-0.2, 0) is 11.3 Å². The molecule has 0 spiro atoms. The Balaban J connectivity index is 1.85. The Hall–Kier alpha value is -0.570. The molecule has 2 nitrogen and oxygen atoms in total. The second kappa shape index (κ2) is 4.78. The molecule has 1 aromatic carbocycles. The van der Waals surface area contributed by atoms with Crippen molar-refractivity contribution in [3.63, 3.8) is 0 Å². The van der Waals surface area contributed by atoms with Crippen molar-refractivity contribution in [3.05, 3.63) is 34.9 Å². The number of hydrogen-bond acceptors (Lipinski definition) is 2. The number of halogens is 1. The van der Waals surface area contributed by atoms with Gasteiger partial charge in [0.15, 0.2) is 0 Å². The number of nitrogens with one attached hydrogen (secondary N) is 1. The highest BCUT2D eigenvalue weighted by Crippen LogP contribution is 2.11. The molecular weight excluding hydrogens is 198 g/mol. The molecule has 1 fully saturated rings. The molecule has 1 saturated heterocycles. The summed E-state index contributed by atoms with van der Waals surface area (Å²) in [4.78, 5) is 0. The lowest BCUT2D eigenvalue weighted by molar-refractivity contribution is 0.190. The van der Waals surface area contributed by atoms with Gasteiger partial charge in [-0.1, -0.05) is 23.7 Å². The van der Waals surface area contributed by atoms with E-state index in [2.05, 4.69) is 11.4 Å². The van der Waals surface area contributed by atoms with E-state index in [4.69, 9.17) is 16.3 Å². The molecular formula is C11H14ClNO. The Morgan fingerprint density at radius 1 is 1.50 bits per heavy atom. The first kappa shape index (κ1) is 9.97. The second-order valence-electron chi connectivity index (χ2n) is 3.57. The van der Waals surface area contributed by atoms with E-state index in [1.807, 2.05) is 18.2 Å². The molecule has 3 heteroatoms. The Labute approximate surface area is 89.2 Å². The predicted octanol–water partition coefficient (Wildman–Crippen LogP) is 2.22. The third kappa shape index (κ3) is 2.71. The minimum Gasteiger partial charge on any atom is -0.380 e. The summed E-state index contributed by atoms with van der Waals surface area (Å²) in [5, 5.41) is 4.24. The van der Waals surface area contributed by atoms with Crippen LogP contribution in [0.2, 0.25) is 5.02 Å². The Bertz CT molecular complexity index is 297. The zero-order valence-electron chi connectivity index (χ0n) is 8.00. The van der Waals surface area contributed by atoms with Crippen LogP contribution in [0.1, 0.15) is 12.0 Å². The van der Waals surface area contributed by atoms with Gasteiger partial charge >= 0.3 is 0 Å². The third-order valence-corrected chi connectivity index (χ3v) is 2.65. The minimum atomic E-state index is 0.508. The van der Waals surface area contributed by atoms with Crippen molar-refractivity contribution in [2.45, 2.75) is 19.0 Å². The molecule has 1 aromatic rings. The number of benzene rings is 1. The van der Waals surface area contributed by atoms with E-state index in [0.29, 0.717) is 6.04 Å². The normalized spacial score (nSPS) is 21.4. The monoisotopic (exact) mass is 211 g/mol. The van der Waals surface area contributed by atoms with Crippen LogP contribution in [0.3, 0.4) is 0 Å². The van der Waals surface area contributed by atoms with Gasteiger partial charge in [0, 0.05) is 24.2 Å². The molecule has 0 aromatic heterocycles. The van der Waals surface area contributed by atoms with E-state index in [1.54, 1.807) is 0 Å². The Morgan fingerprint density at radius 3 is 3.14 bits per heavy atom. The third-order valence-electron chi connectivity index (χ3n) is 2.41. The van der Waals surface area contributed by atoms with Crippen LogP contribution in [-0.4, -0.2) is 19.3 Å². The molecule has 0 amide bonds. The van der Waals surface area contributed by atoms with Crippen molar-refractivity contribution in [2.75, 3.05) is 13.2 Å². The van der Waals surface area contributed by atoms with Crippen molar-refractivity contribution in [1.82, 2.24) is 5.32 Å². The maximum absolute atomic E-state index is 5.89. The summed E-state index contributed by atoms with van der Waals surface area (Å²) in [6.07, 6.45) is 1.11. The van der Waals surface area contributed by atoms with Gasteiger partial charge in [-0.25, -0.2) is 0 Å². The van der Waals surface area contributed by atoms with Gasteiger partial charge in [-0.3, -0.25) is 0 Å². The maximum atomic E-state index is 5.89. The molecule has 1 atom stereocenters. The maximum Gasteiger partial charge on any atom is 0.0620 e. The topological polar surface area (TPSA) is 21.3 Å². The zero-order valence-corrected chi connectivity index (χ0v) is 8.76. The van der Waals surface area contributed by atoms with Gasteiger partial charge in [-0.05, 0) is 24.1 Å². The number of rotatable bonds is 3. The van der Waals surface area contributed by atoms with E-state index < -0.39 is 0 Å². The molecule has 1 aliphatic rings. The molecule has 2 rings (SSSR count). The van der Waals surface area contributed by atoms with E-state index in [1.165, 1.54) is 5.56 Å². The summed E-state index contributed by atoms with van der Waals surface area (Å²) in [7, 11) is 0. The zero-order chi connectivity index (χ0) is 9.80. The van der Waals surface area contributed by atoms with Gasteiger partial charge in [0.05, 0.1) is 6.61 Å². The fourth-order valence-corrected chi connectivity index (χ4v) is 1.82. The highest BCUT2D eigenvalue weighted by Gasteiger charge is 2.14. The van der Waals surface area contributed by atoms with Crippen LogP contribution in [0.15, 0.2) is 24.3 Å². The molecule has 1 unspecified atom stereocenters. The highest BCUT2D eigenvalue weighted by molar-refractivity contribution is 6.30. The first-order valence-corrected chi connectivity index (χ1v) is 5.28. The average molecular weight is 212 g/mol. The van der Waals surface area contributed by atoms with E-state index in [-0.39, 0.29) is 0 Å². The largest absolute Gasteiger partial charge is 0.380 e. The summed E-state index contributed by atoms with van der Waals surface area (Å²) < 4.78 is 5.28. The lowest BCUT2D eigenvalue weighted by Gasteiger charge is -2.10. The number of ether oxygens (including phenoxy) is 1. The molecule has 0 aliphatic carbocycles. The smallest absolute Gasteiger partial charge is 0.0620 e. The molecule has 1 heterocycles. The summed E-state index contributed by atoms with van der Waals surface area (Å²) in [6, 6.07) is 8.45. The molecule has 0 saturated carbocycles. The predicted molar refractivity (Wildman–Crippen MR) is 57.5 cm³/mol. The van der Waals surface area contributed by atoms with Gasteiger partial charge in [-0.2, -0.15) is 0 Å². The van der Waals surface area contributed by atoms with Crippen LogP contribution < -0.4 is 5.32 Å². The van der Waals surface area contributed by atoms with Crippen molar-refractivity contribution in [1.29, 1.82) is 0 Å². The molecule has 0 bridgehead atoms. The van der Waals surface area contributed by atoms with Crippen molar-refractivity contribution < 1.29 is 4.74 Å². The summed E-state index contributed by atoms with van der Waals surface area (Å²) in [6.45, 7) is 2.59. The van der Waals surface area contributed by atoms with Crippen LogP contribution in [0, 0.1) is 0 Å². The number of hydrogen-bond donors (Lipinski definition) is 1. The SMILES string of the molecule is Clc1cccc(CNC2CCOC2)c1. The van der Waals surface area contributed by atoms with Crippen LogP contribution in [0.25, 0.3) is 0 Å². The lowest BCUT2D eigenvalue weighted by Crippen LogP contribution is -2.28. The summed E-state index contributed by atoms with van der Waals surface area (Å²) in [5.74, 6) is 0. The first-order valence-electron chi connectivity index (χ1n) is 4.90. The minimum absolute atomic E-state index is 0.508. The van der Waals surface area contributed by atoms with Gasteiger partial charge in [0.25, 0.3) is 0 Å². The average Bonchev–Trinajstić information content (AvgIpc) is 2.67. The Morgan fingerprint density at radius 2 is 2.43 bits per heavy atom. The van der Waals surface area contributed by atoms with Crippen LogP contribution in [0.4, 0.5) is 0 Å². The molecule has 76 valence electrons. The van der Waals surface area contributed by atoms with Gasteiger partial charge in [0.2, 0.25) is 0 Å². The molecule has 0 radical (unpaired) electrons. The molecule has 1 aliphatic heterocycles. The summed E-state index contributed by atoms with van der Waals surface area (Å²) >= 11 is 5.89. The van der Waals surface area contributed by atoms with Crippen LogP contribution in [0.5, 0.6) is 0 Å². The van der Waals surface area contributed by atoms with Gasteiger partial charge in [0.1, 0.15) is 0 Å². The Kier molecular flexibility index (Phi) is 3.40. The van der Waals surface area contributed by atoms with E-state index in [0.717, 1.165) is 31.2 Å². The van der Waals surface area contributed by atoms with E-state index >= 15 is 0 Å². The van der Waals surface area contributed by atoms with Crippen molar-refractivity contribution in [2.24, 2.45) is 0 Å². The first-order chi connectivity index (χ1) is 6.84. The molecule has 14 heavy (non-hydrogen) atoms. The summed E-state index contributed by atoms with van der Waals surface area (Å²) in [5.41, 5.74) is 1.23. The van der Waals surface area contributed by atoms with Crippen LogP contribution >= 0.6 is 11.6 Å². The highest BCUT2D eigenvalue weighted by atomic mass is 35.5. The van der Waals surface area contributed by atoms with Crippen molar-refractivity contribution >= 4 is 11.6 Å². The van der Waals surface area contributed by atoms with Gasteiger partial charge < -0.3 is 10.1 Å². The molecule has 1 N–H and O–H groups in total. The fraction of sp³-hybridized carbons (Fsp3) is 0.455.